The van der Waals surface area contributed by atoms with Gasteiger partial charge in [0.05, 0.1) is 0 Å². The van der Waals surface area contributed by atoms with Gasteiger partial charge < -0.3 is 4.90 Å². The third-order valence-electron chi connectivity index (χ3n) is 3.24. The summed E-state index contributed by atoms with van der Waals surface area (Å²) >= 11 is 0. The fraction of sp³-hybridized carbons (Fsp3) is 0.500. The zero-order valence-corrected chi connectivity index (χ0v) is 12.4. The van der Waals surface area contributed by atoms with Crippen molar-refractivity contribution in [2.75, 3.05) is 11.4 Å². The Bertz CT molecular complexity index is 693. The van der Waals surface area contributed by atoms with Gasteiger partial charge in [0, 0.05) is 6.54 Å². The lowest BCUT2D eigenvalue weighted by molar-refractivity contribution is -0.395. The number of benzene rings is 1. The van der Waals surface area contributed by atoms with E-state index in [-0.39, 0.29) is 0 Å². The minimum absolute atomic E-state index is 0.299. The second-order valence-corrected chi connectivity index (χ2v) is 4.85. The van der Waals surface area contributed by atoms with E-state index in [9.17, 15) is 61.5 Å². The minimum Gasteiger partial charge on any atom is -0.303 e. The van der Waals surface area contributed by atoms with Gasteiger partial charge in [0.25, 0.3) is 0 Å². The third-order valence-corrected chi connectivity index (χ3v) is 3.24. The Morgan fingerprint density at radius 3 is 1.22 bits per heavy atom. The van der Waals surface area contributed by atoms with Crippen molar-refractivity contribution in [2.45, 2.75) is 31.0 Å². The molecular formula is C12H5F14N. The van der Waals surface area contributed by atoms with Gasteiger partial charge in [0.15, 0.2) is 23.3 Å². The van der Waals surface area contributed by atoms with E-state index in [1.807, 2.05) is 0 Å². The molecule has 0 aliphatic heterocycles. The third kappa shape index (κ3) is 3.13. The Balaban J connectivity index is 3.76. The van der Waals surface area contributed by atoms with Gasteiger partial charge in [-0.15, -0.1) is 0 Å². The van der Waals surface area contributed by atoms with Crippen molar-refractivity contribution in [1.82, 2.24) is 0 Å². The van der Waals surface area contributed by atoms with Crippen molar-refractivity contribution >= 4 is 5.69 Å². The maximum absolute atomic E-state index is 13.8. The van der Waals surface area contributed by atoms with E-state index in [0.717, 1.165) is 0 Å². The van der Waals surface area contributed by atoms with Gasteiger partial charge in [0.2, 0.25) is 5.82 Å². The molecule has 0 aliphatic rings. The van der Waals surface area contributed by atoms with E-state index in [2.05, 4.69) is 0 Å². The summed E-state index contributed by atoms with van der Waals surface area (Å²) in [5.41, 5.74) is -2.81. The highest BCUT2D eigenvalue weighted by atomic mass is 19.4. The first-order valence-electron chi connectivity index (χ1n) is 6.37. The average molecular weight is 429 g/mol. The number of hydrogen-bond acceptors (Lipinski definition) is 1. The molecule has 156 valence electrons. The van der Waals surface area contributed by atoms with Crippen LogP contribution in [-0.2, 0) is 0 Å². The molecule has 0 bridgehead atoms. The molecule has 1 aromatic carbocycles. The number of hydrogen-bond donors (Lipinski definition) is 0. The maximum atomic E-state index is 13.8. The van der Waals surface area contributed by atoms with Crippen LogP contribution in [0.4, 0.5) is 67.2 Å². The van der Waals surface area contributed by atoms with Crippen molar-refractivity contribution in [1.29, 1.82) is 0 Å². The van der Waals surface area contributed by atoms with Crippen molar-refractivity contribution in [3.05, 3.63) is 29.1 Å². The maximum Gasteiger partial charge on any atom is 0.460 e. The average Bonchev–Trinajstić information content (AvgIpc) is 2.53. The summed E-state index contributed by atoms with van der Waals surface area (Å²) in [4.78, 5) is -1.77. The van der Waals surface area contributed by atoms with Crippen molar-refractivity contribution < 1.29 is 61.5 Å². The Kier molecular flexibility index (Phi) is 5.62. The van der Waals surface area contributed by atoms with Gasteiger partial charge in [-0.05, 0) is 6.92 Å². The normalized spacial score (nSPS) is 13.9. The molecule has 27 heavy (non-hydrogen) atoms. The number of nitrogens with zero attached hydrogens (tertiary/aromatic N) is 1. The number of alkyl halides is 9. The fourth-order valence-electron chi connectivity index (χ4n) is 1.86. The van der Waals surface area contributed by atoms with Gasteiger partial charge in [0.1, 0.15) is 5.69 Å². The minimum atomic E-state index is -7.43. The van der Waals surface area contributed by atoms with E-state index in [4.69, 9.17) is 0 Å². The highest BCUT2D eigenvalue weighted by molar-refractivity contribution is 5.52. The van der Waals surface area contributed by atoms with Crippen LogP contribution in [0.2, 0.25) is 0 Å². The molecule has 0 saturated heterocycles. The Morgan fingerprint density at radius 1 is 0.593 bits per heavy atom. The first-order chi connectivity index (χ1) is 11.9. The summed E-state index contributed by atoms with van der Waals surface area (Å²) in [6.07, 6.45) is -7.24. The smallest absolute Gasteiger partial charge is 0.303 e. The van der Waals surface area contributed by atoms with Crippen molar-refractivity contribution in [3.63, 3.8) is 0 Å². The summed E-state index contributed by atoms with van der Waals surface area (Å²) in [7, 11) is 0. The van der Waals surface area contributed by atoms with Crippen molar-refractivity contribution in [2.24, 2.45) is 0 Å². The molecule has 0 aromatic heterocycles. The molecule has 0 spiro atoms. The predicted octanol–water partition coefficient (Wildman–Crippen LogP) is 5.63. The second-order valence-electron chi connectivity index (χ2n) is 4.85. The van der Waals surface area contributed by atoms with Crippen LogP contribution in [0.15, 0.2) is 0 Å². The monoisotopic (exact) mass is 429 g/mol. The largest absolute Gasteiger partial charge is 0.460 e. The SMILES string of the molecule is CCN(c1c(F)c(F)c(F)c(F)c1F)C(F)(F)C(F)(F)C(F)(F)C(F)(F)F. The van der Waals surface area contributed by atoms with Crippen LogP contribution in [-0.4, -0.2) is 30.6 Å². The van der Waals surface area contributed by atoms with E-state index >= 15 is 0 Å². The zero-order chi connectivity index (χ0) is 21.7. The lowest BCUT2D eigenvalue weighted by Gasteiger charge is -2.40. The first-order valence-corrected chi connectivity index (χ1v) is 6.37. The first kappa shape index (κ1) is 23.1. The van der Waals surface area contributed by atoms with Gasteiger partial charge in [-0.2, -0.15) is 39.5 Å². The molecule has 0 heterocycles. The zero-order valence-electron chi connectivity index (χ0n) is 12.4. The molecule has 0 fully saturated rings. The highest BCUT2D eigenvalue weighted by Gasteiger charge is 2.83. The van der Waals surface area contributed by atoms with Crippen LogP contribution in [0.5, 0.6) is 0 Å². The van der Waals surface area contributed by atoms with Crippen LogP contribution < -0.4 is 4.90 Å². The molecule has 0 aliphatic carbocycles. The van der Waals surface area contributed by atoms with E-state index in [1.54, 1.807) is 0 Å². The van der Waals surface area contributed by atoms with Gasteiger partial charge in [-0.3, -0.25) is 0 Å². The topological polar surface area (TPSA) is 3.24 Å². The van der Waals surface area contributed by atoms with Crippen LogP contribution in [0.25, 0.3) is 0 Å². The van der Waals surface area contributed by atoms with Gasteiger partial charge in [-0.1, -0.05) is 0 Å². The Labute approximate surface area is 140 Å². The molecule has 1 nitrogen and oxygen atoms in total. The van der Waals surface area contributed by atoms with Crippen LogP contribution in [0, 0.1) is 29.1 Å². The quantitative estimate of drug-likeness (QED) is 0.254. The van der Waals surface area contributed by atoms with E-state index in [0.29, 0.717) is 6.92 Å². The van der Waals surface area contributed by atoms with Gasteiger partial charge >= 0.3 is 24.1 Å². The molecule has 0 N–H and O–H groups in total. The molecule has 0 atom stereocenters. The molecule has 1 aromatic rings. The lowest BCUT2D eigenvalue weighted by atomic mass is 10.1. The molecule has 0 saturated carbocycles. The van der Waals surface area contributed by atoms with E-state index < -0.39 is 70.3 Å². The Morgan fingerprint density at radius 2 is 0.926 bits per heavy atom. The fourth-order valence-corrected chi connectivity index (χ4v) is 1.86. The molecule has 15 heteroatoms. The summed E-state index contributed by atoms with van der Waals surface area (Å²) < 4.78 is 182. The summed E-state index contributed by atoms with van der Waals surface area (Å²) in [5, 5.41) is 0. The summed E-state index contributed by atoms with van der Waals surface area (Å²) in [5.74, 6) is -29.8. The standard InChI is InChI=1S/C12H5F14N/c1-2-27(8-6(16)4(14)3(13)5(15)7(8)17)12(25,26)10(20,21)9(18,19)11(22,23)24/h2H2,1H3. The van der Waals surface area contributed by atoms with Crippen LogP contribution in [0.3, 0.4) is 0 Å². The van der Waals surface area contributed by atoms with E-state index in [1.165, 1.54) is 0 Å². The number of halogens is 14. The second kappa shape index (κ2) is 6.58. The van der Waals surface area contributed by atoms with Crippen LogP contribution in [0.1, 0.15) is 6.92 Å². The summed E-state index contributed by atoms with van der Waals surface area (Å²) in [6.45, 7) is -1.55. The van der Waals surface area contributed by atoms with Gasteiger partial charge in [-0.25, -0.2) is 22.0 Å². The molecule has 1 rings (SSSR count). The molecule has 0 unspecified atom stereocenters. The lowest BCUT2D eigenvalue weighted by Crippen LogP contribution is -2.66. The highest BCUT2D eigenvalue weighted by Crippen LogP contribution is 2.55. The molecule has 0 amide bonds. The number of rotatable bonds is 5. The predicted molar refractivity (Wildman–Crippen MR) is 60.1 cm³/mol. The molecular weight excluding hydrogens is 424 g/mol. The Hall–Kier alpha value is -1.96. The van der Waals surface area contributed by atoms with Crippen LogP contribution >= 0.6 is 0 Å². The van der Waals surface area contributed by atoms with Crippen molar-refractivity contribution in [3.8, 4) is 0 Å². The molecule has 0 radical (unpaired) electrons. The number of anilines is 1. The summed E-state index contributed by atoms with van der Waals surface area (Å²) in [6, 6.07) is -6.74.